The molecule has 1 N–H and O–H groups in total. The van der Waals surface area contributed by atoms with Gasteiger partial charge in [-0.15, -0.1) is 0 Å². The van der Waals surface area contributed by atoms with E-state index >= 15 is 0 Å². The quantitative estimate of drug-likeness (QED) is 0.740. The van der Waals surface area contributed by atoms with Crippen molar-refractivity contribution in [2.75, 3.05) is 40.3 Å². The van der Waals surface area contributed by atoms with E-state index in [1.807, 2.05) is 0 Å². The van der Waals surface area contributed by atoms with Crippen LogP contribution in [-0.4, -0.2) is 61.7 Å². The summed E-state index contributed by atoms with van der Waals surface area (Å²) >= 11 is 0. The normalized spacial score (nSPS) is 23.2. The van der Waals surface area contributed by atoms with Gasteiger partial charge in [-0.3, -0.25) is 4.90 Å². The lowest BCUT2D eigenvalue weighted by Gasteiger charge is -2.35. The van der Waals surface area contributed by atoms with Gasteiger partial charge >= 0.3 is 0 Å². The Morgan fingerprint density at radius 2 is 2.06 bits per heavy atom. The van der Waals surface area contributed by atoms with Crippen LogP contribution in [0.4, 0.5) is 0 Å². The molecule has 3 nitrogen and oxygen atoms in total. The zero-order valence-electron chi connectivity index (χ0n) is 11.7. The van der Waals surface area contributed by atoms with Gasteiger partial charge in [0.2, 0.25) is 0 Å². The number of likely N-dealkylation sites (tertiary alicyclic amines) is 1. The molecule has 1 heterocycles. The lowest BCUT2D eigenvalue weighted by molar-refractivity contribution is 0.163. The third-order valence-corrected chi connectivity index (χ3v) is 3.33. The van der Waals surface area contributed by atoms with E-state index in [0.29, 0.717) is 0 Å². The van der Waals surface area contributed by atoms with E-state index in [4.69, 9.17) is 0 Å². The van der Waals surface area contributed by atoms with Gasteiger partial charge in [-0.1, -0.05) is 6.92 Å². The van der Waals surface area contributed by atoms with E-state index in [2.05, 4.69) is 50.0 Å². The molecule has 0 aromatic heterocycles. The first kappa shape index (κ1) is 13.9. The Hall–Kier alpha value is -0.120. The second-order valence-electron chi connectivity index (χ2n) is 5.94. The third kappa shape index (κ3) is 4.40. The van der Waals surface area contributed by atoms with Crippen LogP contribution in [0.25, 0.3) is 0 Å². The van der Waals surface area contributed by atoms with Crippen LogP contribution in [0, 0.1) is 0 Å². The average Bonchev–Trinajstić information content (AvgIpc) is 2.50. The summed E-state index contributed by atoms with van der Waals surface area (Å²) in [6, 6.07) is 0.757. The van der Waals surface area contributed by atoms with Crippen molar-refractivity contribution in [3.8, 4) is 0 Å². The number of nitrogens with zero attached hydrogens (tertiary/aromatic N) is 2. The smallest absolute Gasteiger partial charge is 0.0252 e. The largest absolute Gasteiger partial charge is 0.311 e. The molecule has 1 atom stereocenters. The van der Waals surface area contributed by atoms with Crippen molar-refractivity contribution >= 4 is 0 Å². The fraction of sp³-hybridized carbons (Fsp3) is 1.00. The zero-order valence-corrected chi connectivity index (χ0v) is 11.7. The molecule has 1 aliphatic heterocycles. The fourth-order valence-corrected chi connectivity index (χ4v) is 2.77. The van der Waals surface area contributed by atoms with Crippen molar-refractivity contribution in [3.63, 3.8) is 0 Å². The van der Waals surface area contributed by atoms with Gasteiger partial charge in [0, 0.05) is 24.7 Å². The van der Waals surface area contributed by atoms with Gasteiger partial charge in [0.05, 0.1) is 0 Å². The summed E-state index contributed by atoms with van der Waals surface area (Å²) in [4.78, 5) is 4.96. The Labute approximate surface area is 101 Å². The monoisotopic (exact) mass is 227 g/mol. The average molecular weight is 227 g/mol. The molecule has 0 bridgehead atoms. The molecular formula is C13H29N3. The first-order valence-corrected chi connectivity index (χ1v) is 6.58. The molecular weight excluding hydrogens is 198 g/mol. The Kier molecular flexibility index (Phi) is 5.22. The highest BCUT2D eigenvalue weighted by molar-refractivity contribution is 4.88. The van der Waals surface area contributed by atoms with Crippen LogP contribution in [0.3, 0.4) is 0 Å². The van der Waals surface area contributed by atoms with Crippen LogP contribution < -0.4 is 5.32 Å². The summed E-state index contributed by atoms with van der Waals surface area (Å²) in [5.41, 5.74) is 0.240. The Morgan fingerprint density at radius 1 is 1.38 bits per heavy atom. The molecule has 0 spiro atoms. The maximum Gasteiger partial charge on any atom is 0.0252 e. The van der Waals surface area contributed by atoms with E-state index < -0.39 is 0 Å². The molecule has 0 aromatic rings. The zero-order chi connectivity index (χ0) is 12.2. The van der Waals surface area contributed by atoms with Gasteiger partial charge in [-0.2, -0.15) is 0 Å². The van der Waals surface area contributed by atoms with E-state index in [1.165, 1.54) is 32.5 Å². The lowest BCUT2D eigenvalue weighted by atomic mass is 10.0. The molecule has 1 rings (SSSR count). The highest BCUT2D eigenvalue weighted by atomic mass is 15.2. The molecule has 16 heavy (non-hydrogen) atoms. The molecule has 1 fully saturated rings. The maximum absolute atomic E-state index is 3.57. The van der Waals surface area contributed by atoms with Crippen molar-refractivity contribution in [1.82, 2.24) is 15.1 Å². The van der Waals surface area contributed by atoms with Crippen LogP contribution in [-0.2, 0) is 0 Å². The summed E-state index contributed by atoms with van der Waals surface area (Å²) in [7, 11) is 4.35. The molecule has 1 unspecified atom stereocenters. The highest BCUT2D eigenvalue weighted by Crippen LogP contribution is 2.20. The van der Waals surface area contributed by atoms with Crippen LogP contribution in [0.2, 0.25) is 0 Å². The molecule has 3 heteroatoms. The van der Waals surface area contributed by atoms with E-state index in [1.54, 1.807) is 0 Å². The predicted octanol–water partition coefficient (Wildman–Crippen LogP) is 1.40. The molecule has 0 radical (unpaired) electrons. The van der Waals surface area contributed by atoms with Gasteiger partial charge < -0.3 is 10.2 Å². The molecule has 1 saturated heterocycles. The second kappa shape index (κ2) is 5.99. The van der Waals surface area contributed by atoms with Crippen molar-refractivity contribution in [2.45, 2.75) is 45.2 Å². The minimum atomic E-state index is 0.240. The van der Waals surface area contributed by atoms with E-state index in [0.717, 1.165) is 12.6 Å². The summed E-state index contributed by atoms with van der Waals surface area (Å²) in [6.07, 6.45) is 2.72. The Balaban J connectivity index is 2.45. The molecule has 0 aliphatic carbocycles. The summed E-state index contributed by atoms with van der Waals surface area (Å²) < 4.78 is 0. The highest BCUT2D eigenvalue weighted by Gasteiger charge is 2.29. The van der Waals surface area contributed by atoms with E-state index in [-0.39, 0.29) is 5.54 Å². The van der Waals surface area contributed by atoms with Crippen LogP contribution in [0.5, 0.6) is 0 Å². The first-order chi connectivity index (χ1) is 7.44. The van der Waals surface area contributed by atoms with Crippen LogP contribution in [0.15, 0.2) is 0 Å². The SMILES string of the molecule is CCNC(C)(C)CN1CCCC1CN(C)C. The number of nitrogens with one attached hydrogen (secondary N) is 1. The number of likely N-dealkylation sites (N-methyl/N-ethyl adjacent to an activating group) is 2. The Bertz CT molecular complexity index is 201. The molecule has 0 saturated carbocycles. The number of rotatable bonds is 6. The number of hydrogen-bond donors (Lipinski definition) is 1. The standard InChI is InChI=1S/C13H29N3/c1-6-14-13(2,3)11-16-9-7-8-12(16)10-15(4)5/h12,14H,6-11H2,1-5H3. The molecule has 96 valence electrons. The van der Waals surface area contributed by atoms with Crippen LogP contribution >= 0.6 is 0 Å². The number of hydrogen-bond acceptors (Lipinski definition) is 3. The maximum atomic E-state index is 3.57. The van der Waals surface area contributed by atoms with Crippen molar-refractivity contribution < 1.29 is 0 Å². The predicted molar refractivity (Wildman–Crippen MR) is 70.9 cm³/mol. The minimum Gasteiger partial charge on any atom is -0.311 e. The summed E-state index contributed by atoms with van der Waals surface area (Å²) in [5, 5.41) is 3.57. The fourth-order valence-electron chi connectivity index (χ4n) is 2.77. The van der Waals surface area contributed by atoms with E-state index in [9.17, 15) is 0 Å². The minimum absolute atomic E-state index is 0.240. The van der Waals surface area contributed by atoms with Gasteiger partial charge in [-0.25, -0.2) is 0 Å². The Morgan fingerprint density at radius 3 is 2.62 bits per heavy atom. The van der Waals surface area contributed by atoms with Gasteiger partial charge in [0.1, 0.15) is 0 Å². The second-order valence-corrected chi connectivity index (χ2v) is 5.94. The van der Waals surface area contributed by atoms with Gasteiger partial charge in [0.15, 0.2) is 0 Å². The molecule has 1 aliphatic rings. The van der Waals surface area contributed by atoms with Crippen LogP contribution in [0.1, 0.15) is 33.6 Å². The summed E-state index contributed by atoms with van der Waals surface area (Å²) in [5.74, 6) is 0. The van der Waals surface area contributed by atoms with Crippen molar-refractivity contribution in [2.24, 2.45) is 0 Å². The van der Waals surface area contributed by atoms with Gasteiger partial charge in [-0.05, 0) is 53.9 Å². The van der Waals surface area contributed by atoms with Gasteiger partial charge in [0.25, 0.3) is 0 Å². The van der Waals surface area contributed by atoms with Crippen molar-refractivity contribution in [3.05, 3.63) is 0 Å². The topological polar surface area (TPSA) is 18.5 Å². The first-order valence-electron chi connectivity index (χ1n) is 6.58. The third-order valence-electron chi connectivity index (χ3n) is 3.33. The molecule has 0 amide bonds. The summed E-state index contributed by atoms with van der Waals surface area (Å²) in [6.45, 7) is 11.5. The molecule has 0 aromatic carbocycles. The lowest BCUT2D eigenvalue weighted by Crippen LogP contribution is -2.51. The van der Waals surface area contributed by atoms with Crippen molar-refractivity contribution in [1.29, 1.82) is 0 Å².